The quantitative estimate of drug-likeness (QED) is 0.752. The van der Waals surface area contributed by atoms with Gasteiger partial charge in [0.25, 0.3) is 5.91 Å². The van der Waals surface area contributed by atoms with Crippen LogP contribution in [0.1, 0.15) is 23.5 Å². The standard InChI is InChI=1S/C12H17N5O3/c1-7-4-16(5-9(7)12(19)20)11(18)10-6-17(15-14-10)8-2-13-3-8/h6-9,13H,2-5H2,1H3,(H,19,20). The summed E-state index contributed by atoms with van der Waals surface area (Å²) in [5.74, 6) is -1.62. The molecule has 3 heterocycles. The van der Waals surface area contributed by atoms with Gasteiger partial charge in [0.1, 0.15) is 0 Å². The van der Waals surface area contributed by atoms with E-state index in [1.807, 2.05) is 6.92 Å². The number of amides is 1. The van der Waals surface area contributed by atoms with Crippen LogP contribution in [0.4, 0.5) is 0 Å². The molecule has 8 nitrogen and oxygen atoms in total. The second kappa shape index (κ2) is 4.86. The highest BCUT2D eigenvalue weighted by Gasteiger charge is 2.38. The molecular formula is C12H17N5O3. The molecule has 2 aliphatic rings. The number of hydrogen-bond acceptors (Lipinski definition) is 5. The van der Waals surface area contributed by atoms with Crippen molar-refractivity contribution in [1.29, 1.82) is 0 Å². The fourth-order valence-electron chi connectivity index (χ4n) is 2.63. The Kier molecular flexibility index (Phi) is 3.17. The van der Waals surface area contributed by atoms with Gasteiger partial charge < -0.3 is 15.3 Å². The fraction of sp³-hybridized carbons (Fsp3) is 0.667. The largest absolute Gasteiger partial charge is 0.481 e. The molecule has 0 bridgehead atoms. The predicted molar refractivity (Wildman–Crippen MR) is 68.1 cm³/mol. The van der Waals surface area contributed by atoms with E-state index in [1.54, 1.807) is 15.8 Å². The molecule has 8 heteroatoms. The molecular weight excluding hydrogens is 262 g/mol. The summed E-state index contributed by atoms with van der Waals surface area (Å²) in [6.45, 7) is 4.21. The van der Waals surface area contributed by atoms with Gasteiger partial charge in [-0.15, -0.1) is 5.10 Å². The van der Waals surface area contributed by atoms with Crippen LogP contribution in [0.5, 0.6) is 0 Å². The van der Waals surface area contributed by atoms with Crippen molar-refractivity contribution >= 4 is 11.9 Å². The van der Waals surface area contributed by atoms with Gasteiger partial charge in [0.2, 0.25) is 0 Å². The molecule has 20 heavy (non-hydrogen) atoms. The van der Waals surface area contributed by atoms with Crippen LogP contribution in [0.2, 0.25) is 0 Å². The Morgan fingerprint density at radius 2 is 2.15 bits per heavy atom. The summed E-state index contributed by atoms with van der Waals surface area (Å²) in [6, 6.07) is 0.258. The molecule has 1 aromatic rings. The zero-order valence-corrected chi connectivity index (χ0v) is 11.2. The highest BCUT2D eigenvalue weighted by atomic mass is 16.4. The average Bonchev–Trinajstić information content (AvgIpc) is 2.93. The summed E-state index contributed by atoms with van der Waals surface area (Å²) in [7, 11) is 0. The van der Waals surface area contributed by atoms with Gasteiger partial charge in [-0.1, -0.05) is 12.1 Å². The van der Waals surface area contributed by atoms with Gasteiger partial charge in [-0.05, 0) is 5.92 Å². The molecule has 2 saturated heterocycles. The molecule has 1 aromatic heterocycles. The van der Waals surface area contributed by atoms with Gasteiger partial charge in [-0.25, -0.2) is 4.68 Å². The molecule has 1 amide bonds. The number of carboxylic acid groups (broad SMARTS) is 1. The first-order valence-electron chi connectivity index (χ1n) is 6.71. The van der Waals surface area contributed by atoms with Crippen molar-refractivity contribution < 1.29 is 14.7 Å². The maximum Gasteiger partial charge on any atom is 0.308 e. The zero-order chi connectivity index (χ0) is 14.3. The minimum Gasteiger partial charge on any atom is -0.481 e. The lowest BCUT2D eigenvalue weighted by atomic mass is 9.99. The molecule has 0 spiro atoms. The molecule has 0 aromatic carbocycles. The van der Waals surface area contributed by atoms with Crippen LogP contribution in [0, 0.1) is 11.8 Å². The number of hydrogen-bond donors (Lipinski definition) is 2. The van der Waals surface area contributed by atoms with E-state index in [1.165, 1.54) is 0 Å². The third-order valence-electron chi connectivity index (χ3n) is 4.08. The molecule has 0 radical (unpaired) electrons. The third-order valence-corrected chi connectivity index (χ3v) is 4.08. The summed E-state index contributed by atoms with van der Waals surface area (Å²) in [6.07, 6.45) is 1.65. The number of rotatable bonds is 3. The van der Waals surface area contributed by atoms with Crippen LogP contribution in [-0.4, -0.2) is 63.1 Å². The summed E-state index contributed by atoms with van der Waals surface area (Å²) in [5.41, 5.74) is 0.287. The van der Waals surface area contributed by atoms with Gasteiger partial charge >= 0.3 is 5.97 Å². The first-order valence-corrected chi connectivity index (χ1v) is 6.71. The lowest BCUT2D eigenvalue weighted by Crippen LogP contribution is -2.43. The highest BCUT2D eigenvalue weighted by Crippen LogP contribution is 2.24. The number of nitrogens with one attached hydrogen (secondary N) is 1. The summed E-state index contributed by atoms with van der Waals surface area (Å²) < 4.78 is 1.69. The van der Waals surface area contributed by atoms with E-state index in [2.05, 4.69) is 15.6 Å². The second-order valence-electron chi connectivity index (χ2n) is 5.53. The van der Waals surface area contributed by atoms with Gasteiger partial charge in [0.05, 0.1) is 18.2 Å². The smallest absolute Gasteiger partial charge is 0.308 e. The van der Waals surface area contributed by atoms with Gasteiger partial charge in [-0.3, -0.25) is 9.59 Å². The molecule has 2 fully saturated rings. The Hall–Kier alpha value is -1.96. The highest BCUT2D eigenvalue weighted by molar-refractivity contribution is 5.92. The fourth-order valence-corrected chi connectivity index (χ4v) is 2.63. The second-order valence-corrected chi connectivity index (χ2v) is 5.53. The van der Waals surface area contributed by atoms with Crippen molar-refractivity contribution in [2.45, 2.75) is 13.0 Å². The molecule has 0 saturated carbocycles. The maximum atomic E-state index is 12.3. The molecule has 0 aliphatic carbocycles. The van der Waals surface area contributed by atoms with Gasteiger partial charge in [0.15, 0.2) is 5.69 Å². The van der Waals surface area contributed by atoms with Crippen molar-refractivity contribution in [3.8, 4) is 0 Å². The maximum absolute atomic E-state index is 12.3. The van der Waals surface area contributed by atoms with Crippen LogP contribution >= 0.6 is 0 Å². The number of aliphatic carboxylic acids is 1. The average molecular weight is 279 g/mol. The molecule has 2 atom stereocenters. The van der Waals surface area contributed by atoms with Crippen molar-refractivity contribution in [1.82, 2.24) is 25.2 Å². The van der Waals surface area contributed by atoms with E-state index in [4.69, 9.17) is 5.11 Å². The summed E-state index contributed by atoms with van der Waals surface area (Å²) >= 11 is 0. The van der Waals surface area contributed by atoms with E-state index >= 15 is 0 Å². The SMILES string of the molecule is CC1CN(C(=O)c2cn(C3CNC3)nn2)CC1C(=O)O. The number of carbonyl (C=O) groups is 2. The third kappa shape index (κ3) is 2.15. The van der Waals surface area contributed by atoms with Crippen LogP contribution < -0.4 is 5.32 Å². The molecule has 2 N–H and O–H groups in total. The Labute approximate surface area is 115 Å². The molecule has 2 aliphatic heterocycles. The number of aromatic nitrogens is 3. The predicted octanol–water partition coefficient (Wildman–Crippen LogP) is -0.785. The van der Waals surface area contributed by atoms with E-state index in [-0.39, 0.29) is 30.1 Å². The first kappa shape index (κ1) is 13.0. The number of nitrogens with zero attached hydrogens (tertiary/aromatic N) is 4. The van der Waals surface area contributed by atoms with Crippen molar-refractivity contribution in [2.24, 2.45) is 11.8 Å². The molecule has 2 unspecified atom stereocenters. The van der Waals surface area contributed by atoms with Gasteiger partial charge in [-0.2, -0.15) is 0 Å². The summed E-state index contributed by atoms with van der Waals surface area (Å²) in [5, 5.41) is 20.1. The Morgan fingerprint density at radius 1 is 1.40 bits per heavy atom. The minimum atomic E-state index is -0.850. The monoisotopic (exact) mass is 279 g/mol. The first-order chi connectivity index (χ1) is 9.56. The Morgan fingerprint density at radius 3 is 2.70 bits per heavy atom. The van der Waals surface area contributed by atoms with Crippen LogP contribution in [-0.2, 0) is 4.79 Å². The lowest BCUT2D eigenvalue weighted by Gasteiger charge is -2.26. The van der Waals surface area contributed by atoms with Crippen molar-refractivity contribution in [2.75, 3.05) is 26.2 Å². The normalized spacial score (nSPS) is 26.6. The van der Waals surface area contributed by atoms with Crippen molar-refractivity contribution in [3.63, 3.8) is 0 Å². The number of likely N-dealkylation sites (tertiary alicyclic amines) is 1. The number of carboxylic acids is 1. The van der Waals surface area contributed by atoms with Crippen LogP contribution in [0.15, 0.2) is 6.20 Å². The lowest BCUT2D eigenvalue weighted by molar-refractivity contribution is -0.142. The Balaban J connectivity index is 1.70. The van der Waals surface area contributed by atoms with Crippen LogP contribution in [0.25, 0.3) is 0 Å². The zero-order valence-electron chi connectivity index (χ0n) is 11.2. The number of carbonyl (C=O) groups excluding carboxylic acids is 1. The minimum absolute atomic E-state index is 0.0395. The van der Waals surface area contributed by atoms with Gasteiger partial charge in [0, 0.05) is 26.2 Å². The van der Waals surface area contributed by atoms with Crippen LogP contribution in [0.3, 0.4) is 0 Å². The van der Waals surface area contributed by atoms with E-state index in [0.717, 1.165) is 13.1 Å². The van der Waals surface area contributed by atoms with E-state index in [0.29, 0.717) is 6.54 Å². The van der Waals surface area contributed by atoms with E-state index < -0.39 is 11.9 Å². The summed E-state index contributed by atoms with van der Waals surface area (Å²) in [4.78, 5) is 24.9. The Bertz CT molecular complexity index is 539. The molecule has 108 valence electrons. The van der Waals surface area contributed by atoms with E-state index in [9.17, 15) is 9.59 Å². The molecule has 3 rings (SSSR count). The van der Waals surface area contributed by atoms with Crippen molar-refractivity contribution in [3.05, 3.63) is 11.9 Å². The topological polar surface area (TPSA) is 100 Å².